The standard InChI is InChI=1S/C26H29N5O4/c1-18-7-9-20(10-8-18)29-25(33)23(16-28-24(32)15-27)31-26(34)30-21-11-13-22(14-12-21)35-17-19-5-3-2-4-6-19/h2-14,23H,15-17,27H2,1H3,(H,28,32)(H,29,33)(H2,30,31,34). The highest BCUT2D eigenvalue weighted by molar-refractivity contribution is 5.99. The molecule has 0 saturated heterocycles. The lowest BCUT2D eigenvalue weighted by Gasteiger charge is -2.19. The molecular formula is C26H29N5O4. The molecule has 0 aromatic heterocycles. The number of ether oxygens (including phenoxy) is 1. The summed E-state index contributed by atoms with van der Waals surface area (Å²) in [7, 11) is 0. The van der Waals surface area contributed by atoms with Gasteiger partial charge in [-0.2, -0.15) is 0 Å². The van der Waals surface area contributed by atoms with Gasteiger partial charge in [-0.25, -0.2) is 4.79 Å². The average molecular weight is 476 g/mol. The molecule has 0 spiro atoms. The van der Waals surface area contributed by atoms with E-state index in [0.717, 1.165) is 11.1 Å². The fraction of sp³-hybridized carbons (Fsp3) is 0.192. The van der Waals surface area contributed by atoms with Crippen molar-refractivity contribution in [2.24, 2.45) is 5.73 Å². The summed E-state index contributed by atoms with van der Waals surface area (Å²) in [6, 6.07) is 22.2. The average Bonchev–Trinajstić information content (AvgIpc) is 2.87. The minimum Gasteiger partial charge on any atom is -0.489 e. The monoisotopic (exact) mass is 475 g/mol. The van der Waals surface area contributed by atoms with Crippen molar-refractivity contribution >= 4 is 29.2 Å². The van der Waals surface area contributed by atoms with Crippen molar-refractivity contribution in [1.29, 1.82) is 0 Å². The largest absolute Gasteiger partial charge is 0.489 e. The van der Waals surface area contributed by atoms with Gasteiger partial charge >= 0.3 is 6.03 Å². The zero-order chi connectivity index (χ0) is 25.0. The Kier molecular flexibility index (Phi) is 9.21. The first-order valence-electron chi connectivity index (χ1n) is 11.1. The highest BCUT2D eigenvalue weighted by atomic mass is 16.5. The third kappa shape index (κ3) is 8.49. The number of nitrogens with one attached hydrogen (secondary N) is 4. The van der Waals surface area contributed by atoms with Gasteiger partial charge in [0.1, 0.15) is 18.4 Å². The number of amides is 4. The van der Waals surface area contributed by atoms with Gasteiger partial charge < -0.3 is 31.7 Å². The lowest BCUT2D eigenvalue weighted by atomic mass is 10.2. The number of anilines is 2. The fourth-order valence-electron chi connectivity index (χ4n) is 3.06. The molecule has 0 saturated carbocycles. The maximum absolute atomic E-state index is 12.8. The van der Waals surface area contributed by atoms with Crippen LogP contribution in [0.5, 0.6) is 5.75 Å². The predicted octanol–water partition coefficient (Wildman–Crippen LogP) is 2.78. The van der Waals surface area contributed by atoms with Gasteiger partial charge in [-0.15, -0.1) is 0 Å². The van der Waals surface area contributed by atoms with E-state index in [2.05, 4.69) is 21.3 Å². The van der Waals surface area contributed by atoms with E-state index < -0.39 is 23.9 Å². The lowest BCUT2D eigenvalue weighted by molar-refractivity contribution is -0.120. The number of carbonyl (C=O) groups excluding carboxylic acids is 3. The number of hydrogen-bond donors (Lipinski definition) is 5. The van der Waals surface area contributed by atoms with Crippen molar-refractivity contribution < 1.29 is 19.1 Å². The number of rotatable bonds is 10. The van der Waals surface area contributed by atoms with Gasteiger partial charge in [0.15, 0.2) is 0 Å². The Morgan fingerprint density at radius 3 is 2.14 bits per heavy atom. The van der Waals surface area contributed by atoms with Crippen molar-refractivity contribution in [3.8, 4) is 5.75 Å². The Balaban J connectivity index is 1.56. The molecule has 9 nitrogen and oxygen atoms in total. The number of hydrogen-bond acceptors (Lipinski definition) is 5. The summed E-state index contributed by atoms with van der Waals surface area (Å²) in [5, 5.41) is 10.5. The Morgan fingerprint density at radius 2 is 1.49 bits per heavy atom. The molecule has 0 aliphatic heterocycles. The van der Waals surface area contributed by atoms with Crippen LogP contribution in [0, 0.1) is 6.92 Å². The summed E-state index contributed by atoms with van der Waals surface area (Å²) >= 11 is 0. The highest BCUT2D eigenvalue weighted by Gasteiger charge is 2.22. The molecule has 1 unspecified atom stereocenters. The van der Waals surface area contributed by atoms with E-state index in [9.17, 15) is 14.4 Å². The van der Waals surface area contributed by atoms with Crippen molar-refractivity contribution in [1.82, 2.24) is 10.6 Å². The smallest absolute Gasteiger partial charge is 0.319 e. The van der Waals surface area contributed by atoms with E-state index in [-0.39, 0.29) is 13.1 Å². The molecule has 0 heterocycles. The molecule has 0 aliphatic carbocycles. The maximum Gasteiger partial charge on any atom is 0.319 e. The second-order valence-electron chi connectivity index (χ2n) is 7.81. The number of urea groups is 1. The van der Waals surface area contributed by atoms with E-state index in [1.54, 1.807) is 36.4 Å². The van der Waals surface area contributed by atoms with Crippen molar-refractivity contribution in [2.75, 3.05) is 23.7 Å². The zero-order valence-corrected chi connectivity index (χ0v) is 19.4. The van der Waals surface area contributed by atoms with Crippen LogP contribution in [0.25, 0.3) is 0 Å². The SMILES string of the molecule is Cc1ccc(NC(=O)C(CNC(=O)CN)NC(=O)Nc2ccc(OCc3ccccc3)cc2)cc1. The third-order valence-corrected chi connectivity index (χ3v) is 4.99. The lowest BCUT2D eigenvalue weighted by Crippen LogP contribution is -2.52. The van der Waals surface area contributed by atoms with E-state index in [1.165, 1.54) is 0 Å². The Morgan fingerprint density at radius 1 is 0.857 bits per heavy atom. The summed E-state index contributed by atoms with van der Waals surface area (Å²) in [6.07, 6.45) is 0. The number of benzene rings is 3. The molecule has 4 amide bonds. The topological polar surface area (TPSA) is 135 Å². The van der Waals surface area contributed by atoms with Gasteiger partial charge in [-0.05, 0) is 48.9 Å². The van der Waals surface area contributed by atoms with Gasteiger partial charge in [0.2, 0.25) is 11.8 Å². The van der Waals surface area contributed by atoms with Crippen LogP contribution in [0.15, 0.2) is 78.9 Å². The van der Waals surface area contributed by atoms with E-state index in [1.807, 2.05) is 49.4 Å². The Bertz CT molecular complexity index is 1120. The van der Waals surface area contributed by atoms with Crippen molar-refractivity contribution in [3.05, 3.63) is 90.0 Å². The highest BCUT2D eigenvalue weighted by Crippen LogP contribution is 2.17. The molecule has 3 rings (SSSR count). The summed E-state index contributed by atoms with van der Waals surface area (Å²) in [4.78, 5) is 36.9. The molecule has 0 aliphatic rings. The molecule has 0 bridgehead atoms. The van der Waals surface area contributed by atoms with Gasteiger partial charge in [-0.3, -0.25) is 9.59 Å². The summed E-state index contributed by atoms with van der Waals surface area (Å²) < 4.78 is 5.75. The van der Waals surface area contributed by atoms with Crippen LogP contribution in [0.2, 0.25) is 0 Å². The summed E-state index contributed by atoms with van der Waals surface area (Å²) in [5.74, 6) is -0.267. The molecule has 3 aromatic rings. The van der Waals surface area contributed by atoms with Crippen LogP contribution in [0.3, 0.4) is 0 Å². The van der Waals surface area contributed by atoms with Crippen molar-refractivity contribution in [2.45, 2.75) is 19.6 Å². The Labute approximate surface area is 204 Å². The van der Waals surface area contributed by atoms with E-state index in [4.69, 9.17) is 10.5 Å². The predicted molar refractivity (Wildman–Crippen MR) is 135 cm³/mol. The molecule has 9 heteroatoms. The minimum atomic E-state index is -1.03. The van der Waals surface area contributed by atoms with E-state index >= 15 is 0 Å². The normalized spacial score (nSPS) is 11.1. The zero-order valence-electron chi connectivity index (χ0n) is 19.4. The second-order valence-corrected chi connectivity index (χ2v) is 7.81. The van der Waals surface area contributed by atoms with Gasteiger partial charge in [0.05, 0.1) is 6.54 Å². The van der Waals surface area contributed by atoms with Gasteiger partial charge in [0, 0.05) is 17.9 Å². The van der Waals surface area contributed by atoms with Crippen LogP contribution in [-0.4, -0.2) is 37.0 Å². The maximum atomic E-state index is 12.8. The van der Waals surface area contributed by atoms with Gasteiger partial charge in [0.25, 0.3) is 0 Å². The molecular weight excluding hydrogens is 446 g/mol. The molecule has 0 radical (unpaired) electrons. The molecule has 6 N–H and O–H groups in total. The second kappa shape index (κ2) is 12.8. The van der Waals surface area contributed by atoms with Crippen LogP contribution in [0.1, 0.15) is 11.1 Å². The first-order valence-corrected chi connectivity index (χ1v) is 11.1. The van der Waals surface area contributed by atoms with E-state index in [0.29, 0.717) is 23.7 Å². The van der Waals surface area contributed by atoms with Crippen molar-refractivity contribution in [3.63, 3.8) is 0 Å². The van der Waals surface area contributed by atoms with Crippen LogP contribution >= 0.6 is 0 Å². The number of carbonyl (C=O) groups is 3. The molecule has 1 atom stereocenters. The first kappa shape index (κ1) is 25.3. The minimum absolute atomic E-state index is 0.118. The van der Waals surface area contributed by atoms with Crippen LogP contribution in [-0.2, 0) is 16.2 Å². The molecule has 35 heavy (non-hydrogen) atoms. The summed E-state index contributed by atoms with van der Waals surface area (Å²) in [5.41, 5.74) is 8.50. The molecule has 0 fully saturated rings. The first-order chi connectivity index (χ1) is 16.9. The van der Waals surface area contributed by atoms with Crippen LogP contribution in [0.4, 0.5) is 16.2 Å². The molecule has 182 valence electrons. The molecule has 3 aromatic carbocycles. The quantitative estimate of drug-likeness (QED) is 0.307. The number of aryl methyl sites for hydroxylation is 1. The Hall–Kier alpha value is -4.37. The summed E-state index contributed by atoms with van der Waals surface area (Å²) in [6.45, 7) is 2.02. The fourth-order valence-corrected chi connectivity index (χ4v) is 3.06. The number of nitrogens with two attached hydrogens (primary N) is 1. The van der Waals surface area contributed by atoms with Crippen LogP contribution < -0.4 is 31.7 Å². The third-order valence-electron chi connectivity index (χ3n) is 4.99. The van der Waals surface area contributed by atoms with Gasteiger partial charge in [-0.1, -0.05) is 48.0 Å².